The largest absolute Gasteiger partial charge is 0.356 e. The first-order valence-corrected chi connectivity index (χ1v) is 9.88. The van der Waals surface area contributed by atoms with E-state index < -0.39 is 0 Å². The highest BCUT2D eigenvalue weighted by atomic mass is 16.2. The van der Waals surface area contributed by atoms with Crippen molar-refractivity contribution in [2.45, 2.75) is 19.3 Å². The summed E-state index contributed by atoms with van der Waals surface area (Å²) in [6.45, 7) is 3.14. The number of guanidine groups is 1. The van der Waals surface area contributed by atoms with Crippen LogP contribution >= 0.6 is 0 Å². The van der Waals surface area contributed by atoms with Crippen LogP contribution in [0.1, 0.15) is 17.5 Å². The minimum atomic E-state index is 0.252. The Labute approximate surface area is 166 Å². The minimum Gasteiger partial charge on any atom is -0.356 e. The molecule has 1 aliphatic heterocycles. The molecule has 0 radical (unpaired) electrons. The lowest BCUT2D eigenvalue weighted by molar-refractivity contribution is -0.127. The maximum absolute atomic E-state index is 12.3. The maximum atomic E-state index is 12.3. The average molecular weight is 383 g/mol. The molecule has 0 bridgehead atoms. The van der Waals surface area contributed by atoms with Gasteiger partial charge in [-0.25, -0.2) is 0 Å². The van der Waals surface area contributed by atoms with E-state index in [4.69, 9.17) is 0 Å². The number of amides is 1. The highest BCUT2D eigenvalue weighted by molar-refractivity contribution is 5.80. The van der Waals surface area contributed by atoms with Crippen molar-refractivity contribution in [3.8, 4) is 0 Å². The second kappa shape index (κ2) is 9.92. The predicted molar refractivity (Wildman–Crippen MR) is 111 cm³/mol. The molecule has 1 aromatic carbocycles. The number of carbonyl (C=O) groups excluding carboxylic acids is 1. The fraction of sp³-hybridized carbons (Fsp3) is 0.476. The molecule has 0 saturated carbocycles. The van der Waals surface area contributed by atoms with Crippen LogP contribution in [0.3, 0.4) is 0 Å². The van der Waals surface area contributed by atoms with Crippen molar-refractivity contribution in [2.24, 2.45) is 18.0 Å². The number of nitrogens with zero attached hydrogens (tertiary/aromatic N) is 4. The number of hydrogen-bond acceptors (Lipinski definition) is 3. The molecule has 0 aliphatic carbocycles. The zero-order chi connectivity index (χ0) is 19.8. The van der Waals surface area contributed by atoms with Gasteiger partial charge >= 0.3 is 0 Å². The quantitative estimate of drug-likeness (QED) is 0.532. The Kier molecular flexibility index (Phi) is 7.06. The molecule has 1 unspecified atom stereocenters. The first-order chi connectivity index (χ1) is 13.6. The summed E-state index contributed by atoms with van der Waals surface area (Å²) in [7, 11) is 3.69. The molecule has 2 aromatic rings. The van der Waals surface area contributed by atoms with E-state index in [1.807, 2.05) is 47.2 Å². The van der Waals surface area contributed by atoms with E-state index in [1.165, 1.54) is 11.1 Å². The Morgan fingerprint density at radius 3 is 2.75 bits per heavy atom. The summed E-state index contributed by atoms with van der Waals surface area (Å²) in [5.74, 6) is 1.35. The maximum Gasteiger partial charge on any atom is 0.223 e. The molecule has 1 saturated heterocycles. The molecule has 3 rings (SSSR count). The van der Waals surface area contributed by atoms with Crippen LogP contribution < -0.4 is 10.6 Å². The van der Waals surface area contributed by atoms with Crippen molar-refractivity contribution < 1.29 is 4.79 Å². The number of aromatic nitrogens is 2. The van der Waals surface area contributed by atoms with Gasteiger partial charge in [0.2, 0.25) is 5.91 Å². The number of aliphatic imine (C=N–C) groups is 1. The Bertz CT molecular complexity index is 785. The second-order valence-electron chi connectivity index (χ2n) is 7.30. The number of hydrogen-bond donors (Lipinski definition) is 2. The number of benzene rings is 1. The van der Waals surface area contributed by atoms with E-state index in [-0.39, 0.29) is 5.91 Å². The third kappa shape index (κ3) is 5.84. The van der Waals surface area contributed by atoms with Gasteiger partial charge in [-0.15, -0.1) is 0 Å². The van der Waals surface area contributed by atoms with Crippen LogP contribution in [0.25, 0.3) is 0 Å². The molecule has 7 nitrogen and oxygen atoms in total. The minimum absolute atomic E-state index is 0.252. The van der Waals surface area contributed by atoms with Gasteiger partial charge in [-0.2, -0.15) is 5.10 Å². The summed E-state index contributed by atoms with van der Waals surface area (Å²) >= 11 is 0. The van der Waals surface area contributed by atoms with Crippen molar-refractivity contribution in [2.75, 3.05) is 33.2 Å². The van der Waals surface area contributed by atoms with E-state index in [0.29, 0.717) is 12.3 Å². The third-order valence-corrected chi connectivity index (χ3v) is 5.05. The van der Waals surface area contributed by atoms with E-state index in [2.05, 4.69) is 32.9 Å². The zero-order valence-corrected chi connectivity index (χ0v) is 16.8. The molecule has 2 heterocycles. The van der Waals surface area contributed by atoms with Crippen LogP contribution in [0.15, 0.2) is 47.7 Å². The summed E-state index contributed by atoms with van der Waals surface area (Å²) in [5.41, 5.74) is 2.47. The Balaban J connectivity index is 1.37. The van der Waals surface area contributed by atoms with Gasteiger partial charge in [0.25, 0.3) is 0 Å². The molecule has 28 heavy (non-hydrogen) atoms. The van der Waals surface area contributed by atoms with Crippen molar-refractivity contribution in [1.29, 1.82) is 0 Å². The normalized spacial score (nSPS) is 17.2. The highest BCUT2D eigenvalue weighted by Crippen LogP contribution is 2.17. The molecule has 1 atom stereocenters. The van der Waals surface area contributed by atoms with E-state index in [0.717, 1.165) is 45.0 Å². The third-order valence-electron chi connectivity index (χ3n) is 5.05. The summed E-state index contributed by atoms with van der Waals surface area (Å²) in [5, 5.41) is 10.9. The molecule has 150 valence electrons. The van der Waals surface area contributed by atoms with Crippen molar-refractivity contribution in [3.63, 3.8) is 0 Å². The zero-order valence-electron chi connectivity index (χ0n) is 16.8. The molecule has 1 amide bonds. The Morgan fingerprint density at radius 1 is 1.21 bits per heavy atom. The lowest BCUT2D eigenvalue weighted by Crippen LogP contribution is -2.41. The molecule has 1 aromatic heterocycles. The van der Waals surface area contributed by atoms with Crippen LogP contribution in [0, 0.1) is 5.92 Å². The lowest BCUT2D eigenvalue weighted by atomic mass is 10.1. The van der Waals surface area contributed by atoms with Crippen LogP contribution in [-0.2, 0) is 24.7 Å². The van der Waals surface area contributed by atoms with Gasteiger partial charge in [-0.05, 0) is 24.0 Å². The van der Waals surface area contributed by atoms with Gasteiger partial charge in [0.05, 0.1) is 6.20 Å². The fourth-order valence-electron chi connectivity index (χ4n) is 3.50. The number of nitrogens with one attached hydrogen (secondary N) is 2. The standard InChI is InChI=1S/C21H30N6O/c1-22-21(23-10-8-18-14-25-26(2)15-18)24-13-19-12-20(28)27(16-19)11-9-17-6-4-3-5-7-17/h3-7,14-15,19H,8-13,16H2,1-2H3,(H2,22,23,24). The monoisotopic (exact) mass is 382 g/mol. The van der Waals surface area contributed by atoms with E-state index >= 15 is 0 Å². The lowest BCUT2D eigenvalue weighted by Gasteiger charge is -2.18. The van der Waals surface area contributed by atoms with Crippen molar-refractivity contribution >= 4 is 11.9 Å². The highest BCUT2D eigenvalue weighted by Gasteiger charge is 2.29. The van der Waals surface area contributed by atoms with Gasteiger partial charge in [0.15, 0.2) is 5.96 Å². The van der Waals surface area contributed by atoms with Gasteiger partial charge in [0, 0.05) is 58.8 Å². The molecule has 1 aliphatic rings. The number of aryl methyl sites for hydroxylation is 1. The van der Waals surface area contributed by atoms with Crippen LogP contribution in [0.4, 0.5) is 0 Å². The van der Waals surface area contributed by atoms with Gasteiger partial charge < -0.3 is 15.5 Å². The Morgan fingerprint density at radius 2 is 2.04 bits per heavy atom. The molecular weight excluding hydrogens is 352 g/mol. The molecule has 1 fully saturated rings. The van der Waals surface area contributed by atoms with E-state index in [1.54, 1.807) is 7.05 Å². The van der Waals surface area contributed by atoms with Gasteiger partial charge in [0.1, 0.15) is 0 Å². The van der Waals surface area contributed by atoms with Gasteiger partial charge in [-0.3, -0.25) is 14.5 Å². The average Bonchev–Trinajstić information content (AvgIpc) is 3.28. The van der Waals surface area contributed by atoms with Crippen LogP contribution in [0.2, 0.25) is 0 Å². The smallest absolute Gasteiger partial charge is 0.223 e. The molecule has 0 spiro atoms. The van der Waals surface area contributed by atoms with Crippen LogP contribution in [-0.4, -0.2) is 59.8 Å². The number of likely N-dealkylation sites (tertiary alicyclic amines) is 1. The fourth-order valence-corrected chi connectivity index (χ4v) is 3.50. The Hall–Kier alpha value is -2.83. The SMILES string of the molecule is CN=C(NCCc1cnn(C)c1)NCC1CC(=O)N(CCc2ccccc2)C1. The number of carbonyl (C=O) groups is 1. The number of rotatable bonds is 8. The molecular formula is C21H30N6O. The summed E-state index contributed by atoms with van der Waals surface area (Å²) in [4.78, 5) is 18.6. The van der Waals surface area contributed by atoms with E-state index in [9.17, 15) is 4.79 Å². The summed E-state index contributed by atoms with van der Waals surface area (Å²) < 4.78 is 1.81. The van der Waals surface area contributed by atoms with Crippen molar-refractivity contribution in [3.05, 3.63) is 53.9 Å². The second-order valence-corrected chi connectivity index (χ2v) is 7.30. The first-order valence-electron chi connectivity index (χ1n) is 9.88. The summed E-state index contributed by atoms with van der Waals surface area (Å²) in [6.07, 6.45) is 6.31. The summed E-state index contributed by atoms with van der Waals surface area (Å²) in [6, 6.07) is 10.3. The van der Waals surface area contributed by atoms with Gasteiger partial charge in [-0.1, -0.05) is 30.3 Å². The molecule has 7 heteroatoms. The first kappa shape index (κ1) is 19.9. The van der Waals surface area contributed by atoms with Crippen molar-refractivity contribution in [1.82, 2.24) is 25.3 Å². The topological polar surface area (TPSA) is 74.5 Å². The predicted octanol–water partition coefficient (Wildman–Crippen LogP) is 1.22. The molecule has 2 N–H and O–H groups in total. The van der Waals surface area contributed by atoms with Crippen LogP contribution in [0.5, 0.6) is 0 Å².